The summed E-state index contributed by atoms with van der Waals surface area (Å²) in [6.07, 6.45) is 2.70. The normalized spacial score (nSPS) is 11.2. The van der Waals surface area contributed by atoms with E-state index in [4.69, 9.17) is 5.11 Å². The lowest BCUT2D eigenvalue weighted by Crippen LogP contribution is -2.12. The van der Waals surface area contributed by atoms with Crippen LogP contribution in [0.15, 0.2) is 41.6 Å². The van der Waals surface area contributed by atoms with Crippen molar-refractivity contribution in [2.24, 2.45) is 0 Å². The third-order valence-corrected chi connectivity index (χ3v) is 3.71. The van der Waals surface area contributed by atoms with Crippen LogP contribution in [-0.4, -0.2) is 24.5 Å². The maximum Gasteiger partial charge on any atom is 0.338 e. The molecule has 0 spiro atoms. The first-order chi connectivity index (χ1) is 8.90. The topological polar surface area (TPSA) is 99.3 Å². The molecule has 0 aliphatic heterocycles. The summed E-state index contributed by atoms with van der Waals surface area (Å²) in [5, 5.41) is 8.66. The minimum atomic E-state index is -3.82. The third-order valence-electron chi connectivity index (χ3n) is 2.33. The van der Waals surface area contributed by atoms with Gasteiger partial charge in [0.25, 0.3) is 10.0 Å². The Balaban J connectivity index is 2.30. The lowest BCUT2D eigenvalue weighted by Gasteiger charge is -2.07. The second-order valence-corrected chi connectivity index (χ2v) is 5.33. The fraction of sp³-hybridized carbons (Fsp3) is 0. The highest BCUT2D eigenvalue weighted by molar-refractivity contribution is 7.92. The standard InChI is InChI=1S/C11H9FN2O4S/c12-10-5-7(1-2-9(10)11(15)16)14-19(17,18)8-3-4-13-6-8/h1-6,13-14H,(H,15,16). The first-order valence-electron chi connectivity index (χ1n) is 5.08. The van der Waals surface area contributed by atoms with E-state index >= 15 is 0 Å². The molecule has 0 saturated carbocycles. The van der Waals surface area contributed by atoms with Crippen LogP contribution in [0.3, 0.4) is 0 Å². The van der Waals surface area contributed by atoms with Crippen molar-refractivity contribution in [3.63, 3.8) is 0 Å². The number of aromatic carboxylic acids is 1. The molecule has 1 aromatic heterocycles. The second kappa shape index (κ2) is 4.73. The summed E-state index contributed by atoms with van der Waals surface area (Å²) in [5.74, 6) is -2.43. The third kappa shape index (κ3) is 2.74. The van der Waals surface area contributed by atoms with E-state index in [-0.39, 0.29) is 10.6 Å². The van der Waals surface area contributed by atoms with Crippen LogP contribution in [0.25, 0.3) is 0 Å². The zero-order valence-corrected chi connectivity index (χ0v) is 10.2. The number of carboxylic acid groups (broad SMARTS) is 1. The molecule has 0 aliphatic rings. The molecule has 0 bridgehead atoms. The fourth-order valence-corrected chi connectivity index (χ4v) is 2.47. The lowest BCUT2D eigenvalue weighted by atomic mass is 10.2. The van der Waals surface area contributed by atoms with Gasteiger partial charge >= 0.3 is 5.97 Å². The van der Waals surface area contributed by atoms with E-state index in [0.717, 1.165) is 12.1 Å². The molecule has 0 aliphatic carbocycles. The molecule has 0 fully saturated rings. The second-order valence-electron chi connectivity index (χ2n) is 3.65. The average molecular weight is 284 g/mol. The van der Waals surface area contributed by atoms with Crippen molar-refractivity contribution in [1.29, 1.82) is 0 Å². The number of benzene rings is 1. The van der Waals surface area contributed by atoms with Crippen LogP contribution in [-0.2, 0) is 10.0 Å². The predicted molar refractivity (Wildman–Crippen MR) is 65.0 cm³/mol. The molecule has 3 N–H and O–H groups in total. The van der Waals surface area contributed by atoms with E-state index in [1.165, 1.54) is 24.5 Å². The number of anilines is 1. The number of carbonyl (C=O) groups is 1. The summed E-state index contributed by atoms with van der Waals surface area (Å²) in [6.45, 7) is 0. The monoisotopic (exact) mass is 284 g/mol. The highest BCUT2D eigenvalue weighted by atomic mass is 32.2. The minimum Gasteiger partial charge on any atom is -0.478 e. The average Bonchev–Trinajstić information content (AvgIpc) is 2.81. The molecule has 0 unspecified atom stereocenters. The first-order valence-corrected chi connectivity index (χ1v) is 6.57. The lowest BCUT2D eigenvalue weighted by molar-refractivity contribution is 0.0692. The van der Waals surface area contributed by atoms with Crippen molar-refractivity contribution in [3.05, 3.63) is 48.0 Å². The molecule has 1 heterocycles. The number of aromatic nitrogens is 1. The van der Waals surface area contributed by atoms with Crippen molar-refractivity contribution >= 4 is 21.7 Å². The summed E-state index contributed by atoms with van der Waals surface area (Å²) >= 11 is 0. The zero-order chi connectivity index (χ0) is 14.0. The van der Waals surface area contributed by atoms with Crippen LogP contribution in [0.1, 0.15) is 10.4 Å². The van der Waals surface area contributed by atoms with Crippen molar-refractivity contribution in [1.82, 2.24) is 4.98 Å². The van der Waals surface area contributed by atoms with Crippen molar-refractivity contribution in [2.45, 2.75) is 4.90 Å². The largest absolute Gasteiger partial charge is 0.478 e. The maximum atomic E-state index is 13.4. The summed E-state index contributed by atoms with van der Waals surface area (Å²) in [5.41, 5.74) is -0.576. The molecule has 19 heavy (non-hydrogen) atoms. The molecule has 1 aromatic carbocycles. The van der Waals surface area contributed by atoms with Gasteiger partial charge in [0.05, 0.1) is 11.3 Å². The van der Waals surface area contributed by atoms with Gasteiger partial charge in [-0.1, -0.05) is 0 Å². The van der Waals surface area contributed by atoms with Crippen LogP contribution in [0.4, 0.5) is 10.1 Å². The predicted octanol–water partition coefficient (Wildman–Crippen LogP) is 1.65. The summed E-state index contributed by atoms with van der Waals surface area (Å²) < 4.78 is 39.2. The van der Waals surface area contributed by atoms with Gasteiger partial charge in [0, 0.05) is 12.4 Å². The Bertz CT molecular complexity index is 710. The molecule has 0 amide bonds. The number of H-pyrrole nitrogens is 1. The molecule has 6 nitrogen and oxygen atoms in total. The first kappa shape index (κ1) is 13.1. The van der Waals surface area contributed by atoms with E-state index < -0.39 is 27.4 Å². The summed E-state index contributed by atoms with van der Waals surface area (Å²) in [6, 6.07) is 4.32. The summed E-state index contributed by atoms with van der Waals surface area (Å²) in [4.78, 5) is 13.2. The number of aromatic amines is 1. The van der Waals surface area contributed by atoms with E-state index in [9.17, 15) is 17.6 Å². The molecular weight excluding hydrogens is 275 g/mol. The van der Waals surface area contributed by atoms with E-state index in [2.05, 4.69) is 9.71 Å². The molecule has 2 aromatic rings. The van der Waals surface area contributed by atoms with Crippen LogP contribution < -0.4 is 4.72 Å². The number of carboxylic acids is 1. The Morgan fingerprint density at radius 2 is 2.05 bits per heavy atom. The molecule has 0 radical (unpaired) electrons. The minimum absolute atomic E-state index is 0.00443. The van der Waals surface area contributed by atoms with Gasteiger partial charge in [-0.15, -0.1) is 0 Å². The van der Waals surface area contributed by atoms with Crippen LogP contribution in [0, 0.1) is 5.82 Å². The van der Waals surface area contributed by atoms with E-state index in [1.54, 1.807) is 0 Å². The molecule has 8 heteroatoms. The summed E-state index contributed by atoms with van der Waals surface area (Å²) in [7, 11) is -3.82. The van der Waals surface area contributed by atoms with Crippen LogP contribution >= 0.6 is 0 Å². The van der Waals surface area contributed by atoms with Crippen molar-refractivity contribution in [2.75, 3.05) is 4.72 Å². The van der Waals surface area contributed by atoms with Crippen molar-refractivity contribution in [3.8, 4) is 0 Å². The maximum absolute atomic E-state index is 13.4. The smallest absolute Gasteiger partial charge is 0.338 e. The number of hydrogen-bond donors (Lipinski definition) is 3. The number of rotatable bonds is 4. The fourth-order valence-electron chi connectivity index (χ4n) is 1.44. The van der Waals surface area contributed by atoms with Crippen LogP contribution in [0.2, 0.25) is 0 Å². The Labute approximate surface area is 107 Å². The molecule has 0 saturated heterocycles. The quantitative estimate of drug-likeness (QED) is 0.794. The number of nitrogens with one attached hydrogen (secondary N) is 2. The van der Waals surface area contributed by atoms with Crippen LogP contribution in [0.5, 0.6) is 0 Å². The zero-order valence-electron chi connectivity index (χ0n) is 9.42. The number of hydrogen-bond acceptors (Lipinski definition) is 3. The van der Waals surface area contributed by atoms with E-state index in [0.29, 0.717) is 0 Å². The highest BCUT2D eigenvalue weighted by Gasteiger charge is 2.16. The van der Waals surface area contributed by atoms with Gasteiger partial charge in [0.2, 0.25) is 0 Å². The Morgan fingerprint density at radius 3 is 2.58 bits per heavy atom. The molecule has 0 atom stereocenters. The highest BCUT2D eigenvalue weighted by Crippen LogP contribution is 2.18. The molecule has 100 valence electrons. The van der Waals surface area contributed by atoms with Gasteiger partial charge in [-0.05, 0) is 24.3 Å². The van der Waals surface area contributed by atoms with Gasteiger partial charge in [0.15, 0.2) is 0 Å². The number of sulfonamides is 1. The SMILES string of the molecule is O=C(O)c1ccc(NS(=O)(=O)c2cc[nH]c2)cc1F. The van der Waals surface area contributed by atoms with E-state index in [1.807, 2.05) is 0 Å². The van der Waals surface area contributed by atoms with Crippen molar-refractivity contribution < 1.29 is 22.7 Å². The Hall–Kier alpha value is -2.35. The van der Waals surface area contributed by atoms with Gasteiger partial charge in [-0.25, -0.2) is 17.6 Å². The Morgan fingerprint density at radius 1 is 1.32 bits per heavy atom. The van der Waals surface area contributed by atoms with Gasteiger partial charge in [-0.2, -0.15) is 0 Å². The van der Waals surface area contributed by atoms with Gasteiger partial charge < -0.3 is 10.1 Å². The van der Waals surface area contributed by atoms with Gasteiger partial charge in [0.1, 0.15) is 10.7 Å². The number of halogens is 1. The molecule has 2 rings (SSSR count). The molecular formula is C11H9FN2O4S. The van der Waals surface area contributed by atoms with Gasteiger partial charge in [-0.3, -0.25) is 4.72 Å². The Kier molecular flexibility index (Phi) is 3.26.